The second-order valence-electron chi connectivity index (χ2n) is 5.65. The topological polar surface area (TPSA) is 29.3 Å². The number of rotatable bonds is 4. The smallest absolute Gasteiger partial charge is 0.194 e. The largest absolute Gasteiger partial charge is 0.305 e. The molecule has 3 aromatic rings. The van der Waals surface area contributed by atoms with E-state index in [2.05, 4.69) is 72.9 Å². The summed E-state index contributed by atoms with van der Waals surface area (Å²) in [6.45, 7) is 9.37. The summed E-state index contributed by atoms with van der Waals surface area (Å²) >= 11 is 1.74. The van der Waals surface area contributed by atoms with Gasteiger partial charge < -0.3 is 5.32 Å². The Labute approximate surface area is 129 Å². The van der Waals surface area contributed by atoms with E-state index in [1.54, 1.807) is 11.3 Å². The van der Waals surface area contributed by atoms with Crippen LogP contribution in [0.1, 0.15) is 40.4 Å². The summed E-state index contributed by atoms with van der Waals surface area (Å²) in [4.78, 5) is 7.02. The fourth-order valence-corrected chi connectivity index (χ4v) is 3.43. The second kappa shape index (κ2) is 5.62. The van der Waals surface area contributed by atoms with Gasteiger partial charge in [-0.2, -0.15) is 0 Å². The molecule has 3 nitrogen and oxygen atoms in total. The SMILES string of the molecule is Cc1ccc([C@@H](C)NCc2c(C)nc3sc(C)cn23)cc1. The molecule has 4 heteroatoms. The minimum absolute atomic E-state index is 0.329. The van der Waals surface area contributed by atoms with E-state index in [0.29, 0.717) is 6.04 Å². The van der Waals surface area contributed by atoms with Crippen molar-refractivity contribution in [2.45, 2.75) is 40.3 Å². The monoisotopic (exact) mass is 299 g/mol. The van der Waals surface area contributed by atoms with Gasteiger partial charge in [0.1, 0.15) is 0 Å². The van der Waals surface area contributed by atoms with Crippen LogP contribution < -0.4 is 5.32 Å². The van der Waals surface area contributed by atoms with Crippen LogP contribution in [0.25, 0.3) is 4.96 Å². The van der Waals surface area contributed by atoms with Crippen LogP contribution in [0.15, 0.2) is 30.5 Å². The molecule has 1 aromatic carbocycles. The number of nitrogens with one attached hydrogen (secondary N) is 1. The van der Waals surface area contributed by atoms with Gasteiger partial charge in [0, 0.05) is 23.7 Å². The Bertz CT molecular complexity index is 752. The molecule has 21 heavy (non-hydrogen) atoms. The van der Waals surface area contributed by atoms with E-state index in [4.69, 9.17) is 0 Å². The van der Waals surface area contributed by atoms with Crippen molar-refractivity contribution < 1.29 is 0 Å². The number of aryl methyl sites for hydroxylation is 3. The van der Waals surface area contributed by atoms with Crippen molar-refractivity contribution in [3.8, 4) is 0 Å². The molecule has 0 aliphatic rings. The second-order valence-corrected chi connectivity index (χ2v) is 6.86. The van der Waals surface area contributed by atoms with Gasteiger partial charge in [-0.3, -0.25) is 4.40 Å². The van der Waals surface area contributed by atoms with Crippen LogP contribution in [-0.2, 0) is 6.54 Å². The van der Waals surface area contributed by atoms with Gasteiger partial charge in [-0.05, 0) is 33.3 Å². The van der Waals surface area contributed by atoms with Gasteiger partial charge in [-0.15, -0.1) is 11.3 Å². The number of hydrogen-bond donors (Lipinski definition) is 1. The van der Waals surface area contributed by atoms with Crippen LogP contribution in [-0.4, -0.2) is 9.38 Å². The van der Waals surface area contributed by atoms with Gasteiger partial charge in [0.25, 0.3) is 0 Å². The number of hydrogen-bond acceptors (Lipinski definition) is 3. The fourth-order valence-electron chi connectivity index (χ4n) is 2.54. The molecule has 0 radical (unpaired) electrons. The first-order valence-corrected chi connectivity index (χ1v) is 8.10. The maximum atomic E-state index is 4.64. The van der Waals surface area contributed by atoms with Crippen LogP contribution in [0.4, 0.5) is 0 Å². The Hall–Kier alpha value is -1.65. The predicted octanol–water partition coefficient (Wildman–Crippen LogP) is 4.17. The molecule has 0 fully saturated rings. The lowest BCUT2D eigenvalue weighted by molar-refractivity contribution is 0.564. The third-order valence-electron chi connectivity index (χ3n) is 3.89. The fraction of sp³-hybridized carbons (Fsp3) is 0.353. The third-order valence-corrected chi connectivity index (χ3v) is 4.79. The lowest BCUT2D eigenvalue weighted by Crippen LogP contribution is -2.19. The first-order valence-electron chi connectivity index (χ1n) is 7.28. The summed E-state index contributed by atoms with van der Waals surface area (Å²) in [5, 5.41) is 3.61. The molecule has 0 unspecified atom stereocenters. The summed E-state index contributed by atoms with van der Waals surface area (Å²) in [5.41, 5.74) is 4.99. The number of benzene rings is 1. The molecular weight excluding hydrogens is 278 g/mol. The molecule has 0 spiro atoms. The minimum Gasteiger partial charge on any atom is -0.305 e. The lowest BCUT2D eigenvalue weighted by Gasteiger charge is -2.14. The van der Waals surface area contributed by atoms with Crippen molar-refractivity contribution in [3.63, 3.8) is 0 Å². The molecule has 2 heterocycles. The highest BCUT2D eigenvalue weighted by atomic mass is 32.1. The molecule has 0 aliphatic carbocycles. The van der Waals surface area contributed by atoms with Crippen LogP contribution >= 0.6 is 11.3 Å². The zero-order chi connectivity index (χ0) is 15.0. The molecule has 0 amide bonds. The van der Waals surface area contributed by atoms with Crippen LogP contribution in [0.3, 0.4) is 0 Å². The first kappa shape index (κ1) is 14.3. The molecule has 1 N–H and O–H groups in total. The van der Waals surface area contributed by atoms with E-state index < -0.39 is 0 Å². The number of thiazole rings is 1. The first-order chi connectivity index (χ1) is 10.0. The van der Waals surface area contributed by atoms with E-state index in [-0.39, 0.29) is 0 Å². The van der Waals surface area contributed by atoms with E-state index in [0.717, 1.165) is 17.2 Å². The molecule has 0 aliphatic heterocycles. The van der Waals surface area contributed by atoms with Crippen molar-refractivity contribution in [1.29, 1.82) is 0 Å². The molecular formula is C17H21N3S. The van der Waals surface area contributed by atoms with Crippen molar-refractivity contribution in [2.24, 2.45) is 0 Å². The highest BCUT2D eigenvalue weighted by Gasteiger charge is 2.12. The van der Waals surface area contributed by atoms with Gasteiger partial charge in [0.05, 0.1) is 11.4 Å². The Morgan fingerprint density at radius 1 is 1.19 bits per heavy atom. The molecule has 3 rings (SSSR count). The normalized spacial score (nSPS) is 13.0. The van der Waals surface area contributed by atoms with Crippen LogP contribution in [0.5, 0.6) is 0 Å². The molecule has 0 saturated carbocycles. The average molecular weight is 299 g/mol. The van der Waals surface area contributed by atoms with Gasteiger partial charge >= 0.3 is 0 Å². The Morgan fingerprint density at radius 2 is 1.90 bits per heavy atom. The van der Waals surface area contributed by atoms with Crippen LogP contribution in [0, 0.1) is 20.8 Å². The Morgan fingerprint density at radius 3 is 2.62 bits per heavy atom. The van der Waals surface area contributed by atoms with Gasteiger partial charge in [-0.1, -0.05) is 29.8 Å². The molecule has 0 bridgehead atoms. The molecule has 0 saturated heterocycles. The average Bonchev–Trinajstić information content (AvgIpc) is 2.92. The van der Waals surface area contributed by atoms with Gasteiger partial charge in [0.15, 0.2) is 4.96 Å². The lowest BCUT2D eigenvalue weighted by atomic mass is 10.1. The van der Waals surface area contributed by atoms with Crippen molar-refractivity contribution in [3.05, 3.63) is 57.9 Å². The summed E-state index contributed by atoms with van der Waals surface area (Å²) in [6.07, 6.45) is 2.17. The summed E-state index contributed by atoms with van der Waals surface area (Å²) < 4.78 is 2.21. The highest BCUT2D eigenvalue weighted by molar-refractivity contribution is 7.17. The molecule has 110 valence electrons. The molecule has 2 aromatic heterocycles. The summed E-state index contributed by atoms with van der Waals surface area (Å²) in [7, 11) is 0. The van der Waals surface area contributed by atoms with E-state index in [1.807, 2.05) is 0 Å². The maximum Gasteiger partial charge on any atom is 0.194 e. The van der Waals surface area contributed by atoms with E-state index >= 15 is 0 Å². The third kappa shape index (κ3) is 2.87. The maximum absolute atomic E-state index is 4.64. The Kier molecular flexibility index (Phi) is 3.83. The van der Waals surface area contributed by atoms with Crippen molar-refractivity contribution >= 4 is 16.3 Å². The van der Waals surface area contributed by atoms with Crippen molar-refractivity contribution in [1.82, 2.24) is 14.7 Å². The number of nitrogens with zero attached hydrogens (tertiary/aromatic N) is 2. The van der Waals surface area contributed by atoms with E-state index in [9.17, 15) is 0 Å². The number of aromatic nitrogens is 2. The van der Waals surface area contributed by atoms with Gasteiger partial charge in [-0.25, -0.2) is 4.98 Å². The zero-order valence-corrected chi connectivity index (χ0v) is 13.8. The molecule has 1 atom stereocenters. The minimum atomic E-state index is 0.329. The predicted molar refractivity (Wildman–Crippen MR) is 89.0 cm³/mol. The van der Waals surface area contributed by atoms with E-state index in [1.165, 1.54) is 21.7 Å². The number of imidazole rings is 1. The quantitative estimate of drug-likeness (QED) is 0.783. The summed E-state index contributed by atoms with van der Waals surface area (Å²) in [5.74, 6) is 0. The zero-order valence-electron chi connectivity index (χ0n) is 13.0. The van der Waals surface area contributed by atoms with Gasteiger partial charge in [0.2, 0.25) is 0 Å². The number of fused-ring (bicyclic) bond motifs is 1. The van der Waals surface area contributed by atoms with Crippen molar-refractivity contribution in [2.75, 3.05) is 0 Å². The highest BCUT2D eigenvalue weighted by Crippen LogP contribution is 2.21. The standard InChI is InChI=1S/C17H21N3S/c1-11-5-7-15(8-6-11)13(3)18-9-16-14(4)19-17-20(16)10-12(2)21-17/h5-8,10,13,18H,9H2,1-4H3/t13-/m1/s1. The Balaban J connectivity index is 1.76. The summed E-state index contributed by atoms with van der Waals surface area (Å²) in [6, 6.07) is 9.05. The van der Waals surface area contributed by atoms with Crippen LogP contribution in [0.2, 0.25) is 0 Å².